The number of carbonyl (C=O) groups is 1. The monoisotopic (exact) mass is 200 g/mol. The van der Waals surface area contributed by atoms with Gasteiger partial charge in [-0.1, -0.05) is 0 Å². The van der Waals surface area contributed by atoms with Crippen molar-refractivity contribution >= 4 is 17.6 Å². The Morgan fingerprint density at radius 1 is 1.47 bits per heavy atom. The van der Waals surface area contributed by atoms with Gasteiger partial charge in [0.15, 0.2) is 0 Å². The van der Waals surface area contributed by atoms with Crippen molar-refractivity contribution in [3.63, 3.8) is 0 Å². The van der Waals surface area contributed by atoms with Crippen LogP contribution >= 0.6 is 0 Å². The minimum Gasteiger partial charge on any atom is -0.478 e. The van der Waals surface area contributed by atoms with E-state index in [2.05, 4.69) is 4.98 Å². The average Bonchev–Trinajstić information content (AvgIpc) is 2.64. The molecule has 0 bridgehead atoms. The van der Waals surface area contributed by atoms with Crippen LogP contribution in [-0.4, -0.2) is 20.5 Å². The predicted octanol–water partition coefficient (Wildman–Crippen LogP) is 1.36. The summed E-state index contributed by atoms with van der Waals surface area (Å²) in [6, 6.07) is 1.94. The summed E-state index contributed by atoms with van der Waals surface area (Å²) in [4.78, 5) is 15.1. The molecule has 1 N–H and O–H groups in total. The minimum absolute atomic E-state index is 0.398. The molecule has 0 spiro atoms. The van der Waals surface area contributed by atoms with Gasteiger partial charge in [0.2, 0.25) is 0 Å². The standard InChI is InChI=1S/C11H8N2O2/c14-11(15)8-5-7-1-3-13-4-2-12-9(6-8)10(7)13/h1-4,6H,5H2,(H,14,15). The van der Waals surface area contributed by atoms with E-state index in [4.69, 9.17) is 5.11 Å². The summed E-state index contributed by atoms with van der Waals surface area (Å²) in [5, 5.41) is 8.95. The number of hydrogen-bond donors (Lipinski definition) is 1. The van der Waals surface area contributed by atoms with Crippen LogP contribution in [0.2, 0.25) is 0 Å². The zero-order chi connectivity index (χ0) is 10.4. The minimum atomic E-state index is -0.870. The molecule has 0 atom stereocenters. The maximum Gasteiger partial charge on any atom is 0.331 e. The summed E-state index contributed by atoms with van der Waals surface area (Å²) in [7, 11) is 0. The fourth-order valence-corrected chi connectivity index (χ4v) is 1.96. The van der Waals surface area contributed by atoms with Crippen LogP contribution in [0.4, 0.5) is 0 Å². The van der Waals surface area contributed by atoms with Gasteiger partial charge in [-0.25, -0.2) is 4.79 Å². The summed E-state index contributed by atoms with van der Waals surface area (Å²) in [6.07, 6.45) is 7.58. The molecule has 2 heterocycles. The van der Waals surface area contributed by atoms with Crippen LogP contribution in [0.25, 0.3) is 11.6 Å². The summed E-state index contributed by atoms with van der Waals surface area (Å²) in [5.41, 5.74) is 3.18. The first kappa shape index (κ1) is 8.23. The number of carboxylic acid groups (broad SMARTS) is 1. The molecular formula is C11H8N2O2. The third-order valence-electron chi connectivity index (χ3n) is 2.65. The lowest BCUT2D eigenvalue weighted by Gasteiger charge is -2.10. The second-order valence-electron chi connectivity index (χ2n) is 3.56. The third-order valence-corrected chi connectivity index (χ3v) is 2.65. The molecule has 1 aliphatic rings. The Bertz CT molecular complexity index is 596. The molecule has 1 aliphatic carbocycles. The molecule has 0 amide bonds. The van der Waals surface area contributed by atoms with Crippen molar-refractivity contribution in [2.24, 2.45) is 0 Å². The first-order chi connectivity index (χ1) is 7.25. The Balaban J connectivity index is 2.33. The average molecular weight is 200 g/mol. The summed E-state index contributed by atoms with van der Waals surface area (Å²) in [5.74, 6) is -0.870. The molecule has 4 nitrogen and oxygen atoms in total. The topological polar surface area (TPSA) is 54.6 Å². The molecule has 0 saturated carbocycles. The number of aliphatic carboxylic acids is 1. The van der Waals surface area contributed by atoms with E-state index in [1.807, 2.05) is 22.9 Å². The second kappa shape index (κ2) is 2.70. The van der Waals surface area contributed by atoms with Gasteiger partial charge in [0.05, 0.1) is 11.2 Å². The third kappa shape index (κ3) is 1.08. The molecule has 0 saturated heterocycles. The molecule has 2 aromatic rings. The van der Waals surface area contributed by atoms with Gasteiger partial charge in [-0.2, -0.15) is 0 Å². The van der Waals surface area contributed by atoms with Crippen LogP contribution in [0.5, 0.6) is 0 Å². The number of rotatable bonds is 1. The zero-order valence-electron chi connectivity index (χ0n) is 7.84. The molecule has 15 heavy (non-hydrogen) atoms. The van der Waals surface area contributed by atoms with E-state index in [0.717, 1.165) is 16.8 Å². The molecule has 2 aromatic heterocycles. The Labute approximate surface area is 85.5 Å². The highest BCUT2D eigenvalue weighted by Crippen LogP contribution is 2.26. The lowest BCUT2D eigenvalue weighted by atomic mass is 9.99. The van der Waals surface area contributed by atoms with Crippen molar-refractivity contribution in [1.29, 1.82) is 0 Å². The van der Waals surface area contributed by atoms with Crippen molar-refractivity contribution in [2.75, 3.05) is 0 Å². The molecule has 0 radical (unpaired) electrons. The summed E-state index contributed by atoms with van der Waals surface area (Å²) in [6.45, 7) is 0. The largest absolute Gasteiger partial charge is 0.478 e. The highest BCUT2D eigenvalue weighted by molar-refractivity contribution is 5.96. The van der Waals surface area contributed by atoms with E-state index >= 15 is 0 Å². The molecule has 3 rings (SSSR count). The van der Waals surface area contributed by atoms with Crippen LogP contribution in [0, 0.1) is 0 Å². The molecule has 74 valence electrons. The van der Waals surface area contributed by atoms with E-state index in [0.29, 0.717) is 12.0 Å². The van der Waals surface area contributed by atoms with Crippen molar-refractivity contribution in [1.82, 2.24) is 9.38 Å². The number of nitrogens with zero attached hydrogens (tertiary/aromatic N) is 2. The van der Waals surface area contributed by atoms with Gasteiger partial charge in [0.1, 0.15) is 0 Å². The predicted molar refractivity (Wildman–Crippen MR) is 54.5 cm³/mol. The fourth-order valence-electron chi connectivity index (χ4n) is 1.96. The van der Waals surface area contributed by atoms with Gasteiger partial charge in [-0.05, 0) is 17.7 Å². The van der Waals surface area contributed by atoms with Crippen LogP contribution in [0.15, 0.2) is 30.2 Å². The summed E-state index contributed by atoms with van der Waals surface area (Å²) >= 11 is 0. The van der Waals surface area contributed by atoms with Crippen molar-refractivity contribution in [2.45, 2.75) is 6.42 Å². The van der Waals surface area contributed by atoms with Gasteiger partial charge in [-0.3, -0.25) is 4.98 Å². The van der Waals surface area contributed by atoms with Gasteiger partial charge in [0, 0.05) is 30.6 Å². The first-order valence-electron chi connectivity index (χ1n) is 4.64. The van der Waals surface area contributed by atoms with Crippen LogP contribution in [0.3, 0.4) is 0 Å². The van der Waals surface area contributed by atoms with Crippen molar-refractivity contribution in [3.05, 3.63) is 41.5 Å². The van der Waals surface area contributed by atoms with Gasteiger partial charge >= 0.3 is 5.97 Å². The molecule has 0 aliphatic heterocycles. The Morgan fingerprint density at radius 2 is 2.33 bits per heavy atom. The summed E-state index contributed by atoms with van der Waals surface area (Å²) < 4.78 is 1.97. The molecule has 4 heteroatoms. The lowest BCUT2D eigenvalue weighted by molar-refractivity contribution is -0.132. The smallest absolute Gasteiger partial charge is 0.331 e. The number of hydrogen-bond acceptors (Lipinski definition) is 2. The molecule has 0 aromatic carbocycles. The number of aromatic nitrogens is 2. The highest BCUT2D eigenvalue weighted by Gasteiger charge is 2.18. The lowest BCUT2D eigenvalue weighted by Crippen LogP contribution is -2.08. The van der Waals surface area contributed by atoms with Crippen molar-refractivity contribution < 1.29 is 9.90 Å². The van der Waals surface area contributed by atoms with E-state index in [1.165, 1.54) is 0 Å². The normalized spacial score (nSPS) is 14.0. The zero-order valence-corrected chi connectivity index (χ0v) is 7.84. The SMILES string of the molecule is O=C(O)C1=Cc2nccn3ccc(c23)C1. The van der Waals surface area contributed by atoms with E-state index in [-0.39, 0.29) is 0 Å². The van der Waals surface area contributed by atoms with Gasteiger partial charge < -0.3 is 9.51 Å². The maximum atomic E-state index is 10.9. The van der Waals surface area contributed by atoms with Crippen molar-refractivity contribution in [3.8, 4) is 0 Å². The van der Waals surface area contributed by atoms with Gasteiger partial charge in [-0.15, -0.1) is 0 Å². The quantitative estimate of drug-likeness (QED) is 0.756. The molecule has 0 fully saturated rings. The second-order valence-corrected chi connectivity index (χ2v) is 3.56. The Morgan fingerprint density at radius 3 is 3.13 bits per heavy atom. The number of carboxylic acids is 1. The van der Waals surface area contributed by atoms with Gasteiger partial charge in [0.25, 0.3) is 0 Å². The Kier molecular flexibility index (Phi) is 1.48. The fraction of sp³-hybridized carbons (Fsp3) is 0.0909. The van der Waals surface area contributed by atoms with E-state index in [9.17, 15) is 4.79 Å². The highest BCUT2D eigenvalue weighted by atomic mass is 16.4. The van der Waals surface area contributed by atoms with E-state index in [1.54, 1.807) is 12.3 Å². The maximum absolute atomic E-state index is 10.9. The van der Waals surface area contributed by atoms with Crippen LogP contribution < -0.4 is 0 Å². The molecular weight excluding hydrogens is 192 g/mol. The molecule has 0 unspecified atom stereocenters. The van der Waals surface area contributed by atoms with Crippen LogP contribution in [-0.2, 0) is 11.2 Å². The van der Waals surface area contributed by atoms with E-state index < -0.39 is 5.97 Å². The van der Waals surface area contributed by atoms with Crippen LogP contribution in [0.1, 0.15) is 11.3 Å². The Hall–Kier alpha value is -2.10. The first-order valence-corrected chi connectivity index (χ1v) is 4.64.